The number of piperidine rings is 1. The van der Waals surface area contributed by atoms with Gasteiger partial charge in [-0.1, -0.05) is 6.07 Å². The summed E-state index contributed by atoms with van der Waals surface area (Å²) in [6.45, 7) is 4.68. The Morgan fingerprint density at radius 2 is 2.07 bits per heavy atom. The van der Waals surface area contributed by atoms with E-state index in [1.807, 2.05) is 18.3 Å². The van der Waals surface area contributed by atoms with E-state index in [1.165, 1.54) is 29.9 Å². The SMILES string of the molecule is CCNC(=NCC(=O)Nc1ccc(O)cc1)NCC1CCCN(C)C1c1cccs1. The summed E-state index contributed by atoms with van der Waals surface area (Å²) in [5.74, 6) is 1.10. The molecule has 2 unspecified atom stereocenters. The van der Waals surface area contributed by atoms with Crippen molar-refractivity contribution >= 4 is 28.9 Å². The van der Waals surface area contributed by atoms with Crippen molar-refractivity contribution in [1.82, 2.24) is 15.5 Å². The van der Waals surface area contributed by atoms with Gasteiger partial charge in [-0.25, -0.2) is 4.99 Å². The van der Waals surface area contributed by atoms with Crippen molar-refractivity contribution in [3.05, 3.63) is 46.7 Å². The van der Waals surface area contributed by atoms with Crippen LogP contribution in [0.3, 0.4) is 0 Å². The zero-order valence-electron chi connectivity index (χ0n) is 17.6. The second-order valence-corrected chi connectivity index (χ2v) is 8.49. The van der Waals surface area contributed by atoms with Crippen LogP contribution in [0.4, 0.5) is 5.69 Å². The predicted molar refractivity (Wildman–Crippen MR) is 123 cm³/mol. The van der Waals surface area contributed by atoms with Gasteiger partial charge in [-0.3, -0.25) is 9.69 Å². The van der Waals surface area contributed by atoms with E-state index in [1.54, 1.807) is 12.1 Å². The van der Waals surface area contributed by atoms with E-state index in [0.29, 0.717) is 23.6 Å². The zero-order valence-corrected chi connectivity index (χ0v) is 18.4. The molecule has 8 heteroatoms. The number of hydrogen-bond acceptors (Lipinski definition) is 5. The summed E-state index contributed by atoms with van der Waals surface area (Å²) in [6.07, 6.45) is 2.36. The van der Waals surface area contributed by atoms with Crippen LogP contribution in [0.1, 0.15) is 30.7 Å². The Labute approximate surface area is 182 Å². The van der Waals surface area contributed by atoms with Gasteiger partial charge in [0.05, 0.1) is 0 Å². The van der Waals surface area contributed by atoms with Crippen molar-refractivity contribution in [1.29, 1.82) is 0 Å². The fourth-order valence-corrected chi connectivity index (χ4v) is 4.83. The lowest BCUT2D eigenvalue weighted by atomic mass is 9.88. The van der Waals surface area contributed by atoms with Gasteiger partial charge in [-0.05, 0) is 75.0 Å². The Hall–Kier alpha value is -2.58. The number of phenolic OH excluding ortho intramolecular Hbond substituents is 1. The molecular formula is C22H31N5O2S. The van der Waals surface area contributed by atoms with Crippen LogP contribution in [-0.2, 0) is 4.79 Å². The molecule has 2 atom stereocenters. The van der Waals surface area contributed by atoms with Gasteiger partial charge in [0.2, 0.25) is 5.91 Å². The highest BCUT2D eigenvalue weighted by atomic mass is 32.1. The van der Waals surface area contributed by atoms with Crippen molar-refractivity contribution in [2.75, 3.05) is 38.5 Å². The van der Waals surface area contributed by atoms with E-state index < -0.39 is 0 Å². The third-order valence-electron chi connectivity index (χ3n) is 5.25. The molecule has 1 amide bonds. The lowest BCUT2D eigenvalue weighted by Crippen LogP contribution is -2.45. The third kappa shape index (κ3) is 6.21. The first-order valence-electron chi connectivity index (χ1n) is 10.4. The minimum Gasteiger partial charge on any atom is -0.508 e. The molecule has 1 aliphatic heterocycles. The molecule has 7 nitrogen and oxygen atoms in total. The summed E-state index contributed by atoms with van der Waals surface area (Å²) in [6, 6.07) is 11.1. The number of aliphatic imine (C=N–C) groups is 1. The molecule has 30 heavy (non-hydrogen) atoms. The van der Waals surface area contributed by atoms with Crippen LogP contribution < -0.4 is 16.0 Å². The minimum absolute atomic E-state index is 0.0229. The summed E-state index contributed by atoms with van der Waals surface area (Å²) >= 11 is 1.81. The van der Waals surface area contributed by atoms with Gasteiger partial charge >= 0.3 is 0 Å². The van der Waals surface area contributed by atoms with Crippen LogP contribution >= 0.6 is 11.3 Å². The molecule has 3 rings (SSSR count). The fourth-order valence-electron chi connectivity index (χ4n) is 3.85. The van der Waals surface area contributed by atoms with E-state index >= 15 is 0 Å². The number of aromatic hydroxyl groups is 1. The van der Waals surface area contributed by atoms with Crippen LogP contribution in [0.2, 0.25) is 0 Å². The average Bonchev–Trinajstić information content (AvgIpc) is 3.26. The van der Waals surface area contributed by atoms with Gasteiger partial charge in [-0.15, -0.1) is 11.3 Å². The quantitative estimate of drug-likeness (QED) is 0.309. The van der Waals surface area contributed by atoms with Gasteiger partial charge < -0.3 is 21.1 Å². The van der Waals surface area contributed by atoms with E-state index in [0.717, 1.165) is 19.6 Å². The summed E-state index contributed by atoms with van der Waals surface area (Å²) < 4.78 is 0. The fraction of sp³-hybridized carbons (Fsp3) is 0.455. The van der Waals surface area contributed by atoms with Crippen LogP contribution in [0.25, 0.3) is 0 Å². The summed E-state index contributed by atoms with van der Waals surface area (Å²) in [5.41, 5.74) is 0.634. The van der Waals surface area contributed by atoms with Gasteiger partial charge in [0, 0.05) is 29.7 Å². The number of anilines is 1. The van der Waals surface area contributed by atoms with Crippen LogP contribution in [0, 0.1) is 5.92 Å². The van der Waals surface area contributed by atoms with Gasteiger partial charge in [0.15, 0.2) is 5.96 Å². The smallest absolute Gasteiger partial charge is 0.246 e. The highest BCUT2D eigenvalue weighted by Crippen LogP contribution is 2.36. The normalized spacial score (nSPS) is 20.0. The Bertz CT molecular complexity index is 823. The number of carbonyl (C=O) groups excluding carboxylic acids is 1. The zero-order chi connectivity index (χ0) is 21.3. The molecule has 2 heterocycles. The van der Waals surface area contributed by atoms with Gasteiger partial charge in [0.25, 0.3) is 0 Å². The highest BCUT2D eigenvalue weighted by molar-refractivity contribution is 7.10. The molecule has 2 aromatic rings. The number of guanidine groups is 1. The molecule has 1 aromatic heterocycles. The van der Waals surface area contributed by atoms with E-state index in [9.17, 15) is 9.90 Å². The molecule has 0 bridgehead atoms. The third-order valence-corrected chi connectivity index (χ3v) is 6.19. The first-order chi connectivity index (χ1) is 14.6. The molecule has 1 saturated heterocycles. The van der Waals surface area contributed by atoms with E-state index in [-0.39, 0.29) is 18.2 Å². The summed E-state index contributed by atoms with van der Waals surface area (Å²) in [5, 5.41) is 20.9. The Balaban J connectivity index is 1.57. The maximum atomic E-state index is 12.2. The van der Waals surface area contributed by atoms with Gasteiger partial charge in [-0.2, -0.15) is 0 Å². The second kappa shape index (κ2) is 11.0. The molecule has 0 saturated carbocycles. The topological polar surface area (TPSA) is 89.0 Å². The van der Waals surface area contributed by atoms with Gasteiger partial charge in [0.1, 0.15) is 12.3 Å². The first-order valence-corrected chi connectivity index (χ1v) is 11.3. The molecule has 1 aromatic carbocycles. The number of benzene rings is 1. The summed E-state index contributed by atoms with van der Waals surface area (Å²) in [7, 11) is 2.20. The standard InChI is InChI=1S/C22H31N5O2S/c1-3-23-22(25-15-20(29)26-17-8-10-18(28)11-9-17)24-14-16-6-4-12-27(2)21(16)19-7-5-13-30-19/h5,7-11,13,16,21,28H,3-4,6,12,14-15H2,1-2H3,(H,26,29)(H2,23,24,25). The molecule has 1 aliphatic rings. The van der Waals surface area contributed by atoms with E-state index in [4.69, 9.17) is 0 Å². The summed E-state index contributed by atoms with van der Waals surface area (Å²) in [4.78, 5) is 20.5. The molecule has 0 spiro atoms. The maximum absolute atomic E-state index is 12.2. The predicted octanol–water partition coefficient (Wildman–Crippen LogP) is 3.03. The van der Waals surface area contributed by atoms with Crippen LogP contribution in [0.15, 0.2) is 46.8 Å². The largest absolute Gasteiger partial charge is 0.508 e. The Morgan fingerprint density at radius 1 is 1.27 bits per heavy atom. The van der Waals surface area contributed by atoms with Crippen molar-refractivity contribution in [3.63, 3.8) is 0 Å². The van der Waals surface area contributed by atoms with Crippen LogP contribution in [-0.4, -0.2) is 55.1 Å². The number of nitrogens with zero attached hydrogens (tertiary/aromatic N) is 2. The van der Waals surface area contributed by atoms with Crippen LogP contribution in [0.5, 0.6) is 5.75 Å². The number of nitrogens with one attached hydrogen (secondary N) is 3. The molecule has 0 aliphatic carbocycles. The molecular weight excluding hydrogens is 398 g/mol. The van der Waals surface area contributed by atoms with Crippen molar-refractivity contribution < 1.29 is 9.90 Å². The van der Waals surface area contributed by atoms with Crippen molar-refractivity contribution in [2.24, 2.45) is 10.9 Å². The number of rotatable bonds is 7. The monoisotopic (exact) mass is 429 g/mol. The number of hydrogen-bond donors (Lipinski definition) is 4. The number of phenols is 1. The van der Waals surface area contributed by atoms with Crippen molar-refractivity contribution in [2.45, 2.75) is 25.8 Å². The molecule has 0 radical (unpaired) electrons. The highest BCUT2D eigenvalue weighted by Gasteiger charge is 2.31. The second-order valence-electron chi connectivity index (χ2n) is 7.51. The van der Waals surface area contributed by atoms with E-state index in [2.05, 4.69) is 50.4 Å². The minimum atomic E-state index is -0.202. The lowest BCUT2D eigenvalue weighted by Gasteiger charge is -2.39. The first kappa shape index (κ1) is 22.1. The maximum Gasteiger partial charge on any atom is 0.246 e. The lowest BCUT2D eigenvalue weighted by molar-refractivity contribution is -0.114. The average molecular weight is 430 g/mol. The molecule has 4 N–H and O–H groups in total. The molecule has 162 valence electrons. The Kier molecular flexibility index (Phi) is 8.10. The number of likely N-dealkylation sites (tertiary alicyclic amines) is 1. The molecule has 1 fully saturated rings. The number of thiophene rings is 1. The number of carbonyl (C=O) groups is 1. The van der Waals surface area contributed by atoms with Crippen molar-refractivity contribution in [3.8, 4) is 5.75 Å². The number of amides is 1. The Morgan fingerprint density at radius 3 is 2.77 bits per heavy atom.